The lowest BCUT2D eigenvalue weighted by atomic mass is 10.0. The van der Waals surface area contributed by atoms with Gasteiger partial charge in [-0.1, -0.05) is 31.2 Å². The van der Waals surface area contributed by atoms with Gasteiger partial charge in [0.25, 0.3) is 5.91 Å². The molecule has 0 bridgehead atoms. The summed E-state index contributed by atoms with van der Waals surface area (Å²) in [6, 6.07) is 12.1. The van der Waals surface area contributed by atoms with Crippen LogP contribution in [0.3, 0.4) is 0 Å². The lowest BCUT2D eigenvalue weighted by molar-refractivity contribution is -0.907. The Balaban J connectivity index is 1.67. The van der Waals surface area contributed by atoms with Gasteiger partial charge in [0.1, 0.15) is 5.71 Å². The first-order valence-corrected chi connectivity index (χ1v) is 9.83. The zero-order valence-electron chi connectivity index (χ0n) is 16.2. The van der Waals surface area contributed by atoms with Crippen LogP contribution in [0.2, 0.25) is 0 Å². The quantitative estimate of drug-likeness (QED) is 0.839. The predicted molar refractivity (Wildman–Crippen MR) is 106 cm³/mol. The first-order chi connectivity index (χ1) is 13.8. The third kappa shape index (κ3) is 4.05. The van der Waals surface area contributed by atoms with Crippen molar-refractivity contribution in [1.82, 2.24) is 0 Å². The van der Waals surface area contributed by atoms with Crippen LogP contribution in [0.5, 0.6) is 0 Å². The summed E-state index contributed by atoms with van der Waals surface area (Å²) in [4.78, 5) is 20.5. The summed E-state index contributed by atoms with van der Waals surface area (Å²) >= 11 is 0. The number of quaternary nitrogens is 1. The van der Waals surface area contributed by atoms with E-state index >= 15 is 0 Å². The van der Waals surface area contributed by atoms with E-state index in [1.165, 1.54) is 23.5 Å². The van der Waals surface area contributed by atoms with Crippen molar-refractivity contribution in [3.63, 3.8) is 0 Å². The molecule has 0 aromatic heterocycles. The van der Waals surface area contributed by atoms with Crippen molar-refractivity contribution in [2.45, 2.75) is 25.9 Å². The van der Waals surface area contributed by atoms with Gasteiger partial charge in [0.15, 0.2) is 6.67 Å². The number of carbonyl (C=O) groups is 1. The molecule has 0 radical (unpaired) electrons. The largest absolute Gasteiger partial charge is 0.416 e. The molecule has 1 fully saturated rings. The Hall–Kier alpha value is -2.67. The number of rotatable bonds is 3. The lowest BCUT2D eigenvalue weighted by Crippen LogP contribution is -3.15. The van der Waals surface area contributed by atoms with Crippen LogP contribution < -0.4 is 9.80 Å². The fraction of sp³-hybridized carbons (Fsp3) is 0.364. The van der Waals surface area contributed by atoms with Crippen LogP contribution in [-0.4, -0.2) is 31.4 Å². The van der Waals surface area contributed by atoms with Gasteiger partial charge in [-0.2, -0.15) is 13.2 Å². The van der Waals surface area contributed by atoms with Crippen LogP contribution in [0.25, 0.3) is 0 Å². The van der Waals surface area contributed by atoms with Gasteiger partial charge in [0.2, 0.25) is 0 Å². The summed E-state index contributed by atoms with van der Waals surface area (Å²) in [5.74, 6) is 0.360. The van der Waals surface area contributed by atoms with E-state index in [2.05, 4.69) is 11.9 Å². The van der Waals surface area contributed by atoms with Crippen LogP contribution in [-0.2, 0) is 11.0 Å². The molecule has 1 saturated heterocycles. The number of carbonyl (C=O) groups excluding carboxylic acids is 1. The van der Waals surface area contributed by atoms with Gasteiger partial charge in [0.05, 0.1) is 30.0 Å². The minimum absolute atomic E-state index is 0.124. The summed E-state index contributed by atoms with van der Waals surface area (Å²) in [6.45, 7) is 4.78. The molecule has 1 unspecified atom stereocenters. The Labute approximate surface area is 167 Å². The van der Waals surface area contributed by atoms with Gasteiger partial charge in [-0.25, -0.2) is 4.99 Å². The van der Waals surface area contributed by atoms with E-state index < -0.39 is 11.7 Å². The number of aliphatic imine (C=N–C) groups is 1. The standard InChI is InChI=1S/C22H22F3N3O/c1-15-6-5-11-27(13-15)14-28-19-10-3-2-9-18(19)20(21(28)29)26-17-8-4-7-16(12-17)22(23,24)25/h2-4,7-10,12,15H,5-6,11,13-14H2,1H3/p+1/t15-/m1/s1. The van der Waals surface area contributed by atoms with E-state index in [1.54, 1.807) is 11.0 Å². The first-order valence-electron chi connectivity index (χ1n) is 9.83. The molecule has 0 aliphatic carbocycles. The number of amides is 1. The number of para-hydroxylation sites is 1. The second-order valence-electron chi connectivity index (χ2n) is 7.87. The SMILES string of the molecule is C[C@@H]1CCC[NH+](CN2C(=O)C(=Nc3cccc(C(F)(F)F)c3)c3ccccc32)C1. The minimum atomic E-state index is -4.45. The molecule has 2 aliphatic heterocycles. The Morgan fingerprint density at radius 3 is 2.72 bits per heavy atom. The number of anilines is 1. The highest BCUT2D eigenvalue weighted by Crippen LogP contribution is 2.33. The predicted octanol–water partition coefficient (Wildman–Crippen LogP) is 3.45. The van der Waals surface area contributed by atoms with Gasteiger partial charge >= 0.3 is 6.18 Å². The molecule has 1 N–H and O–H groups in total. The van der Waals surface area contributed by atoms with Crippen molar-refractivity contribution in [3.05, 3.63) is 59.7 Å². The molecule has 2 heterocycles. The molecule has 0 saturated carbocycles. The van der Waals surface area contributed by atoms with E-state index in [9.17, 15) is 18.0 Å². The number of halogens is 3. The maximum atomic E-state index is 13.2. The molecule has 152 valence electrons. The van der Waals surface area contributed by atoms with E-state index in [-0.39, 0.29) is 17.3 Å². The van der Waals surface area contributed by atoms with E-state index in [0.717, 1.165) is 37.3 Å². The monoisotopic (exact) mass is 402 g/mol. The van der Waals surface area contributed by atoms with E-state index in [0.29, 0.717) is 18.2 Å². The highest BCUT2D eigenvalue weighted by Gasteiger charge is 2.37. The Bertz CT molecular complexity index is 954. The fourth-order valence-corrected chi connectivity index (χ4v) is 4.17. The lowest BCUT2D eigenvalue weighted by Gasteiger charge is -2.31. The van der Waals surface area contributed by atoms with Gasteiger partial charge in [-0.3, -0.25) is 9.69 Å². The number of hydrogen-bond donors (Lipinski definition) is 1. The molecule has 1 amide bonds. The number of likely N-dealkylation sites (tertiary alicyclic amines) is 1. The van der Waals surface area contributed by atoms with Crippen LogP contribution in [0, 0.1) is 5.92 Å². The molecule has 29 heavy (non-hydrogen) atoms. The molecule has 2 aromatic rings. The molecule has 2 atom stereocenters. The average Bonchev–Trinajstić information content (AvgIpc) is 2.94. The number of nitrogens with zero attached hydrogens (tertiary/aromatic N) is 2. The molecule has 4 rings (SSSR count). The topological polar surface area (TPSA) is 37.1 Å². The molecular weight excluding hydrogens is 379 g/mol. The summed E-state index contributed by atoms with van der Waals surface area (Å²) in [6.07, 6.45) is -2.12. The first kappa shape index (κ1) is 19.6. The summed E-state index contributed by atoms with van der Waals surface area (Å²) in [7, 11) is 0. The maximum absolute atomic E-state index is 13.2. The molecule has 2 aliphatic rings. The van der Waals surface area contributed by atoms with Gasteiger partial charge < -0.3 is 4.90 Å². The molecule has 0 spiro atoms. The highest BCUT2D eigenvalue weighted by molar-refractivity contribution is 6.54. The van der Waals surface area contributed by atoms with Crippen LogP contribution >= 0.6 is 0 Å². The van der Waals surface area contributed by atoms with Crippen molar-refractivity contribution in [1.29, 1.82) is 0 Å². The molecular formula is C22H23F3N3O+. The highest BCUT2D eigenvalue weighted by atomic mass is 19.4. The van der Waals surface area contributed by atoms with Gasteiger partial charge in [-0.15, -0.1) is 0 Å². The Kier molecular flexibility index (Phi) is 5.17. The summed E-state index contributed by atoms with van der Waals surface area (Å²) in [5.41, 5.74) is 0.984. The fourth-order valence-electron chi connectivity index (χ4n) is 4.17. The van der Waals surface area contributed by atoms with Crippen molar-refractivity contribution in [3.8, 4) is 0 Å². The minimum Gasteiger partial charge on any atom is -0.317 e. The van der Waals surface area contributed by atoms with Gasteiger partial charge in [-0.05, 0) is 37.1 Å². The smallest absolute Gasteiger partial charge is 0.317 e. The second-order valence-corrected chi connectivity index (χ2v) is 7.87. The van der Waals surface area contributed by atoms with Crippen LogP contribution in [0.4, 0.5) is 24.5 Å². The maximum Gasteiger partial charge on any atom is 0.416 e. The second kappa shape index (κ2) is 7.63. The zero-order chi connectivity index (χ0) is 20.6. The number of hydrogen-bond acceptors (Lipinski definition) is 2. The van der Waals surface area contributed by atoms with Crippen molar-refractivity contribution in [2.75, 3.05) is 24.7 Å². The molecule has 4 nitrogen and oxygen atoms in total. The number of nitrogens with one attached hydrogen (secondary N) is 1. The number of alkyl halides is 3. The van der Waals surface area contributed by atoms with Crippen molar-refractivity contribution < 1.29 is 22.9 Å². The summed E-state index contributed by atoms with van der Waals surface area (Å²) in [5, 5.41) is 0. The Morgan fingerprint density at radius 1 is 1.17 bits per heavy atom. The van der Waals surface area contributed by atoms with E-state index in [1.807, 2.05) is 18.2 Å². The number of fused-ring (bicyclic) bond motifs is 1. The third-order valence-electron chi connectivity index (χ3n) is 5.56. The van der Waals surface area contributed by atoms with Crippen molar-refractivity contribution >= 4 is 23.0 Å². The van der Waals surface area contributed by atoms with Crippen LogP contribution in [0.1, 0.15) is 30.9 Å². The average molecular weight is 402 g/mol. The van der Waals surface area contributed by atoms with Gasteiger partial charge in [0, 0.05) is 11.5 Å². The van der Waals surface area contributed by atoms with E-state index in [4.69, 9.17) is 0 Å². The molecule has 7 heteroatoms. The number of piperidine rings is 1. The normalized spacial score (nSPS) is 23.5. The van der Waals surface area contributed by atoms with Crippen molar-refractivity contribution in [2.24, 2.45) is 10.9 Å². The number of benzene rings is 2. The third-order valence-corrected chi connectivity index (χ3v) is 5.56. The van der Waals surface area contributed by atoms with Crippen LogP contribution in [0.15, 0.2) is 53.5 Å². The zero-order valence-corrected chi connectivity index (χ0v) is 16.2. The molecule has 2 aromatic carbocycles. The Morgan fingerprint density at radius 2 is 1.97 bits per heavy atom. The summed E-state index contributed by atoms with van der Waals surface area (Å²) < 4.78 is 39.1.